The Labute approximate surface area is 114 Å². The number of carbonyl (C=O) groups is 1. The van der Waals surface area contributed by atoms with Crippen LogP contribution in [0.3, 0.4) is 0 Å². The first kappa shape index (κ1) is 14.1. The minimum absolute atomic E-state index is 0.514. The molecule has 3 heteroatoms. The van der Waals surface area contributed by atoms with E-state index in [1.54, 1.807) is 0 Å². The van der Waals surface area contributed by atoms with Gasteiger partial charge in [-0.1, -0.05) is 37.6 Å². The fraction of sp³-hybridized carbons (Fsp3) is 0.562. The smallest absolute Gasteiger partial charge is 0.309 e. The SMILES string of the molecule is CCCC(C(=O)O)C1(O)CCCCc2ccccc21. The summed E-state index contributed by atoms with van der Waals surface area (Å²) in [6, 6.07) is 7.75. The average Bonchev–Trinajstić information content (AvgIpc) is 2.56. The molecule has 2 rings (SSSR count). The van der Waals surface area contributed by atoms with Crippen LogP contribution in [0.15, 0.2) is 24.3 Å². The predicted octanol–water partition coefficient (Wildman–Crippen LogP) is 3.10. The molecule has 0 radical (unpaired) electrons. The van der Waals surface area contributed by atoms with Crippen LogP contribution in [-0.4, -0.2) is 16.2 Å². The van der Waals surface area contributed by atoms with E-state index in [0.717, 1.165) is 36.8 Å². The van der Waals surface area contributed by atoms with Gasteiger partial charge in [-0.2, -0.15) is 0 Å². The van der Waals surface area contributed by atoms with Gasteiger partial charge in [0.1, 0.15) is 5.60 Å². The summed E-state index contributed by atoms with van der Waals surface area (Å²) in [5.41, 5.74) is 0.716. The van der Waals surface area contributed by atoms with E-state index in [-0.39, 0.29) is 0 Å². The van der Waals surface area contributed by atoms with E-state index in [4.69, 9.17) is 0 Å². The Bertz CT molecular complexity index is 455. The lowest BCUT2D eigenvalue weighted by Crippen LogP contribution is -2.40. The molecule has 0 heterocycles. The lowest BCUT2D eigenvalue weighted by atomic mass is 9.75. The molecule has 0 aromatic heterocycles. The maximum Gasteiger partial charge on any atom is 0.309 e. The standard InChI is InChI=1S/C16H22O3/c1-2-7-14(15(17)18)16(19)11-6-5-9-12-8-3-4-10-13(12)16/h3-4,8,10,14,19H,2,5-7,9,11H2,1H3,(H,17,18). The number of aryl methyl sites for hydroxylation is 1. The highest BCUT2D eigenvalue weighted by Crippen LogP contribution is 2.41. The maximum atomic E-state index is 11.6. The molecule has 2 unspecified atom stereocenters. The Morgan fingerprint density at radius 1 is 1.37 bits per heavy atom. The van der Waals surface area contributed by atoms with Crippen LogP contribution < -0.4 is 0 Å². The summed E-state index contributed by atoms with van der Waals surface area (Å²) in [5.74, 6) is -1.60. The van der Waals surface area contributed by atoms with Crippen LogP contribution in [0.5, 0.6) is 0 Å². The zero-order valence-corrected chi connectivity index (χ0v) is 11.4. The van der Waals surface area contributed by atoms with Gasteiger partial charge in [-0.15, -0.1) is 0 Å². The first-order chi connectivity index (χ1) is 9.09. The van der Waals surface area contributed by atoms with E-state index in [2.05, 4.69) is 0 Å². The number of aliphatic hydroxyl groups is 1. The van der Waals surface area contributed by atoms with Gasteiger partial charge in [0.15, 0.2) is 0 Å². The van der Waals surface area contributed by atoms with Crippen molar-refractivity contribution in [1.82, 2.24) is 0 Å². The van der Waals surface area contributed by atoms with Crippen molar-refractivity contribution in [1.29, 1.82) is 0 Å². The van der Waals surface area contributed by atoms with Crippen LogP contribution in [0.2, 0.25) is 0 Å². The van der Waals surface area contributed by atoms with Gasteiger partial charge in [0.05, 0.1) is 5.92 Å². The van der Waals surface area contributed by atoms with Crippen LogP contribution >= 0.6 is 0 Å². The first-order valence-corrected chi connectivity index (χ1v) is 7.13. The molecule has 0 aliphatic heterocycles. The van der Waals surface area contributed by atoms with Crippen molar-refractivity contribution in [3.63, 3.8) is 0 Å². The summed E-state index contributed by atoms with van der Waals surface area (Å²) >= 11 is 0. The molecule has 1 aromatic carbocycles. The van der Waals surface area contributed by atoms with E-state index >= 15 is 0 Å². The zero-order chi connectivity index (χ0) is 13.9. The Morgan fingerprint density at radius 3 is 2.79 bits per heavy atom. The van der Waals surface area contributed by atoms with Crippen LogP contribution in [0, 0.1) is 5.92 Å². The molecule has 2 N–H and O–H groups in total. The fourth-order valence-corrected chi connectivity index (χ4v) is 3.22. The van der Waals surface area contributed by atoms with Gasteiger partial charge in [-0.25, -0.2) is 0 Å². The predicted molar refractivity (Wildman–Crippen MR) is 73.9 cm³/mol. The minimum Gasteiger partial charge on any atom is -0.481 e. The monoisotopic (exact) mass is 262 g/mol. The van der Waals surface area contributed by atoms with Gasteiger partial charge < -0.3 is 10.2 Å². The number of hydrogen-bond acceptors (Lipinski definition) is 2. The Morgan fingerprint density at radius 2 is 2.11 bits per heavy atom. The summed E-state index contributed by atoms with van der Waals surface area (Å²) in [4.78, 5) is 11.6. The minimum atomic E-state index is -1.21. The molecule has 0 saturated carbocycles. The molecule has 0 amide bonds. The molecular weight excluding hydrogens is 240 g/mol. The number of aliphatic carboxylic acids is 1. The summed E-state index contributed by atoms with van der Waals surface area (Å²) in [5, 5.41) is 20.6. The number of fused-ring (bicyclic) bond motifs is 1. The van der Waals surface area contributed by atoms with Crippen LogP contribution in [0.25, 0.3) is 0 Å². The second-order valence-electron chi connectivity index (χ2n) is 5.47. The number of benzene rings is 1. The number of rotatable bonds is 4. The van der Waals surface area contributed by atoms with Gasteiger partial charge >= 0.3 is 5.97 Å². The lowest BCUT2D eigenvalue weighted by molar-refractivity contribution is -0.154. The molecule has 1 aliphatic rings. The van der Waals surface area contributed by atoms with Gasteiger partial charge in [0.25, 0.3) is 0 Å². The van der Waals surface area contributed by atoms with E-state index in [0.29, 0.717) is 12.8 Å². The molecule has 3 nitrogen and oxygen atoms in total. The molecular formula is C16H22O3. The molecule has 0 spiro atoms. The van der Waals surface area contributed by atoms with E-state index in [1.807, 2.05) is 31.2 Å². The quantitative estimate of drug-likeness (QED) is 0.820. The van der Waals surface area contributed by atoms with Gasteiger partial charge in [0, 0.05) is 0 Å². The van der Waals surface area contributed by atoms with E-state index in [1.165, 1.54) is 0 Å². The summed E-state index contributed by atoms with van der Waals surface area (Å²) < 4.78 is 0. The zero-order valence-electron chi connectivity index (χ0n) is 11.4. The van der Waals surface area contributed by atoms with Crippen LogP contribution in [0.4, 0.5) is 0 Å². The van der Waals surface area contributed by atoms with E-state index < -0.39 is 17.5 Å². The van der Waals surface area contributed by atoms with Gasteiger partial charge in [0.2, 0.25) is 0 Å². The maximum absolute atomic E-state index is 11.6. The van der Waals surface area contributed by atoms with Crippen molar-refractivity contribution in [2.24, 2.45) is 5.92 Å². The summed E-state index contributed by atoms with van der Waals surface area (Å²) in [6.07, 6.45) is 4.63. The highest BCUT2D eigenvalue weighted by Gasteiger charge is 2.43. The Hall–Kier alpha value is -1.35. The summed E-state index contributed by atoms with van der Waals surface area (Å²) in [6.45, 7) is 1.96. The third-order valence-electron chi connectivity index (χ3n) is 4.19. The lowest BCUT2D eigenvalue weighted by Gasteiger charge is -2.34. The number of hydrogen-bond donors (Lipinski definition) is 2. The molecule has 0 saturated heterocycles. The molecule has 104 valence electrons. The van der Waals surface area contributed by atoms with Crippen molar-refractivity contribution >= 4 is 5.97 Å². The number of carboxylic acids is 1. The summed E-state index contributed by atoms with van der Waals surface area (Å²) in [7, 11) is 0. The van der Waals surface area contributed by atoms with Crippen LogP contribution in [-0.2, 0) is 16.8 Å². The molecule has 1 aromatic rings. The van der Waals surface area contributed by atoms with Crippen LogP contribution in [0.1, 0.15) is 50.2 Å². The van der Waals surface area contributed by atoms with Crippen molar-refractivity contribution < 1.29 is 15.0 Å². The van der Waals surface area contributed by atoms with Crippen molar-refractivity contribution in [3.8, 4) is 0 Å². The molecule has 0 fully saturated rings. The molecule has 19 heavy (non-hydrogen) atoms. The highest BCUT2D eigenvalue weighted by atomic mass is 16.4. The Balaban J connectivity index is 2.48. The van der Waals surface area contributed by atoms with Gasteiger partial charge in [-0.3, -0.25) is 4.79 Å². The van der Waals surface area contributed by atoms with E-state index in [9.17, 15) is 15.0 Å². The third-order valence-corrected chi connectivity index (χ3v) is 4.19. The fourth-order valence-electron chi connectivity index (χ4n) is 3.22. The third kappa shape index (κ3) is 2.66. The molecule has 2 atom stereocenters. The van der Waals surface area contributed by atoms with Crippen molar-refractivity contribution in [2.75, 3.05) is 0 Å². The van der Waals surface area contributed by atoms with Crippen molar-refractivity contribution in [3.05, 3.63) is 35.4 Å². The second kappa shape index (κ2) is 5.74. The molecule has 1 aliphatic carbocycles. The van der Waals surface area contributed by atoms with Gasteiger partial charge in [-0.05, 0) is 43.2 Å². The highest BCUT2D eigenvalue weighted by molar-refractivity contribution is 5.72. The first-order valence-electron chi connectivity index (χ1n) is 7.13. The molecule has 0 bridgehead atoms. The topological polar surface area (TPSA) is 57.5 Å². The average molecular weight is 262 g/mol. The normalized spacial score (nSPS) is 24.3. The second-order valence-corrected chi connectivity index (χ2v) is 5.47. The van der Waals surface area contributed by atoms with Crippen molar-refractivity contribution in [2.45, 2.75) is 51.0 Å². The largest absolute Gasteiger partial charge is 0.481 e. The number of carboxylic acid groups (broad SMARTS) is 1. The Kier molecular flexibility index (Phi) is 4.25.